The van der Waals surface area contributed by atoms with Gasteiger partial charge in [0.1, 0.15) is 5.75 Å². The molecule has 1 aromatic carbocycles. The lowest BCUT2D eigenvalue weighted by molar-refractivity contribution is -0.121. The third-order valence-corrected chi connectivity index (χ3v) is 7.66. The number of carbonyl (C=O) groups is 1. The monoisotopic (exact) mass is 448 g/mol. The van der Waals surface area contributed by atoms with Gasteiger partial charge in [0.25, 0.3) is 0 Å². The van der Waals surface area contributed by atoms with Crippen LogP contribution in [0.2, 0.25) is 0 Å². The van der Waals surface area contributed by atoms with E-state index in [0.717, 1.165) is 11.3 Å². The summed E-state index contributed by atoms with van der Waals surface area (Å²) in [6.45, 7) is 2.44. The molecule has 3 unspecified atom stereocenters. The molecule has 2 aromatic rings. The molecule has 2 fully saturated rings. The Hall–Kier alpha value is -2.46. The van der Waals surface area contributed by atoms with E-state index in [9.17, 15) is 13.2 Å². The first-order chi connectivity index (χ1) is 14.7. The van der Waals surface area contributed by atoms with E-state index >= 15 is 0 Å². The van der Waals surface area contributed by atoms with Crippen LogP contribution in [0.5, 0.6) is 5.75 Å². The van der Waals surface area contributed by atoms with Crippen molar-refractivity contribution in [3.63, 3.8) is 0 Å². The maximum absolute atomic E-state index is 12.7. The van der Waals surface area contributed by atoms with E-state index in [0.29, 0.717) is 50.5 Å². The fourth-order valence-electron chi connectivity index (χ4n) is 4.98. The third kappa shape index (κ3) is 4.31. The first-order valence-corrected chi connectivity index (χ1v) is 12.2. The number of hydrogen-bond donors (Lipinski definition) is 1. The van der Waals surface area contributed by atoms with Crippen LogP contribution in [-0.4, -0.2) is 61.3 Å². The predicted molar refractivity (Wildman–Crippen MR) is 113 cm³/mol. The molecule has 3 atom stereocenters. The van der Waals surface area contributed by atoms with Gasteiger partial charge in [0, 0.05) is 25.6 Å². The minimum absolute atomic E-state index is 0.0154. The molecular formula is C21H28N4O5S. The summed E-state index contributed by atoms with van der Waals surface area (Å²) in [4.78, 5) is 17.1. The van der Waals surface area contributed by atoms with Crippen molar-refractivity contribution in [2.75, 3.05) is 26.5 Å². The SMILES string of the molecule is COc1ccccc1CCC(=O)NC1CC2CN(S(C)(=O)=O)CC2(c2nc(C)no2)C1. The summed E-state index contributed by atoms with van der Waals surface area (Å²) >= 11 is 0. The summed E-state index contributed by atoms with van der Waals surface area (Å²) in [6, 6.07) is 7.60. The van der Waals surface area contributed by atoms with Gasteiger partial charge in [-0.15, -0.1) is 0 Å². The van der Waals surface area contributed by atoms with Crippen LogP contribution in [0, 0.1) is 12.8 Å². The number of benzene rings is 1. The summed E-state index contributed by atoms with van der Waals surface area (Å²) in [5.41, 5.74) is 0.426. The molecule has 10 heteroatoms. The number of nitrogens with zero attached hydrogens (tertiary/aromatic N) is 3. The minimum atomic E-state index is -3.33. The van der Waals surface area contributed by atoms with Crippen molar-refractivity contribution in [2.24, 2.45) is 5.92 Å². The Balaban J connectivity index is 1.44. The number of aromatic nitrogens is 2. The second-order valence-electron chi connectivity index (χ2n) is 8.57. The zero-order valence-electron chi connectivity index (χ0n) is 18.0. The van der Waals surface area contributed by atoms with Gasteiger partial charge in [0.05, 0.1) is 18.8 Å². The average Bonchev–Trinajstić information content (AvgIpc) is 3.38. The topological polar surface area (TPSA) is 115 Å². The van der Waals surface area contributed by atoms with E-state index in [1.807, 2.05) is 24.3 Å². The summed E-state index contributed by atoms with van der Waals surface area (Å²) in [5.74, 6) is 1.74. The first-order valence-electron chi connectivity index (χ1n) is 10.4. The number of ether oxygens (including phenoxy) is 1. The van der Waals surface area contributed by atoms with Crippen LogP contribution < -0.4 is 10.1 Å². The predicted octanol–water partition coefficient (Wildman–Crippen LogP) is 1.43. The Morgan fingerprint density at radius 3 is 2.84 bits per heavy atom. The molecule has 1 aromatic heterocycles. The fourth-order valence-corrected chi connectivity index (χ4v) is 5.89. The molecule has 0 radical (unpaired) electrons. The Labute approximate surface area is 182 Å². The van der Waals surface area contributed by atoms with Crippen LogP contribution in [0.4, 0.5) is 0 Å². The molecule has 4 rings (SSSR count). The largest absolute Gasteiger partial charge is 0.496 e. The molecule has 1 aliphatic heterocycles. The highest BCUT2D eigenvalue weighted by molar-refractivity contribution is 7.88. The molecule has 0 bridgehead atoms. The second-order valence-corrected chi connectivity index (χ2v) is 10.6. The molecule has 0 spiro atoms. The highest BCUT2D eigenvalue weighted by atomic mass is 32.2. The molecule has 2 aliphatic rings. The lowest BCUT2D eigenvalue weighted by Gasteiger charge is -2.24. The van der Waals surface area contributed by atoms with Gasteiger partial charge in [0.2, 0.25) is 21.8 Å². The molecule has 1 saturated heterocycles. The number of carbonyl (C=O) groups excluding carboxylic acids is 1. The molecule has 1 amide bonds. The molecule has 1 saturated carbocycles. The van der Waals surface area contributed by atoms with Crippen LogP contribution in [0.3, 0.4) is 0 Å². The van der Waals surface area contributed by atoms with Crippen LogP contribution in [0.1, 0.15) is 36.5 Å². The van der Waals surface area contributed by atoms with Crippen molar-refractivity contribution in [3.05, 3.63) is 41.5 Å². The zero-order chi connectivity index (χ0) is 22.2. The number of nitrogens with one attached hydrogen (secondary N) is 1. The van der Waals surface area contributed by atoms with E-state index in [1.165, 1.54) is 10.6 Å². The highest BCUT2D eigenvalue weighted by Crippen LogP contribution is 2.50. The van der Waals surface area contributed by atoms with Crippen molar-refractivity contribution in [3.8, 4) is 5.75 Å². The molecule has 9 nitrogen and oxygen atoms in total. The standard InChI is InChI=1S/C21H28N4O5S/c1-14-22-20(30-24-14)21-11-17(10-16(21)12-25(13-21)31(3,27)28)23-19(26)9-8-15-6-4-5-7-18(15)29-2/h4-7,16-17H,8-13H2,1-3H3,(H,23,26). The zero-order valence-corrected chi connectivity index (χ0v) is 18.8. The van der Waals surface area contributed by atoms with Crippen LogP contribution >= 0.6 is 0 Å². The Morgan fingerprint density at radius 2 is 2.16 bits per heavy atom. The first kappa shape index (κ1) is 21.8. The number of fused-ring (bicyclic) bond motifs is 1. The van der Waals surface area contributed by atoms with Crippen LogP contribution in [0.25, 0.3) is 0 Å². The Kier molecular flexibility index (Phi) is 5.78. The van der Waals surface area contributed by atoms with Gasteiger partial charge in [-0.05, 0) is 43.7 Å². The van der Waals surface area contributed by atoms with Crippen molar-refractivity contribution < 1.29 is 22.5 Å². The third-order valence-electron chi connectivity index (χ3n) is 6.45. The Bertz CT molecular complexity index is 1070. The normalized spacial score (nSPS) is 26.0. The minimum Gasteiger partial charge on any atom is -0.496 e. The van der Waals surface area contributed by atoms with Crippen molar-refractivity contribution in [1.29, 1.82) is 0 Å². The van der Waals surface area contributed by atoms with Gasteiger partial charge in [-0.25, -0.2) is 12.7 Å². The summed E-state index contributed by atoms with van der Waals surface area (Å²) in [6.07, 6.45) is 3.41. The summed E-state index contributed by atoms with van der Waals surface area (Å²) < 4.78 is 36.6. The molecule has 31 heavy (non-hydrogen) atoms. The van der Waals surface area contributed by atoms with Gasteiger partial charge in [-0.2, -0.15) is 4.98 Å². The lowest BCUT2D eigenvalue weighted by atomic mass is 9.80. The number of para-hydroxylation sites is 1. The van der Waals surface area contributed by atoms with Gasteiger partial charge in [-0.3, -0.25) is 4.79 Å². The van der Waals surface area contributed by atoms with Crippen molar-refractivity contribution in [2.45, 2.75) is 44.1 Å². The number of sulfonamides is 1. The van der Waals surface area contributed by atoms with E-state index < -0.39 is 15.4 Å². The van der Waals surface area contributed by atoms with E-state index in [2.05, 4.69) is 15.5 Å². The highest BCUT2D eigenvalue weighted by Gasteiger charge is 2.58. The smallest absolute Gasteiger partial charge is 0.234 e. The van der Waals surface area contributed by atoms with Crippen molar-refractivity contribution in [1.82, 2.24) is 19.8 Å². The van der Waals surface area contributed by atoms with Gasteiger partial charge < -0.3 is 14.6 Å². The molecule has 1 aliphatic carbocycles. The van der Waals surface area contributed by atoms with Crippen molar-refractivity contribution >= 4 is 15.9 Å². The van der Waals surface area contributed by atoms with E-state index in [1.54, 1.807) is 14.0 Å². The number of amides is 1. The molecule has 168 valence electrons. The average molecular weight is 449 g/mol. The van der Waals surface area contributed by atoms with Gasteiger partial charge in [0.15, 0.2) is 5.82 Å². The second kappa shape index (κ2) is 8.23. The van der Waals surface area contributed by atoms with E-state index in [-0.39, 0.29) is 17.9 Å². The number of hydrogen-bond acceptors (Lipinski definition) is 7. The van der Waals surface area contributed by atoms with Gasteiger partial charge >= 0.3 is 0 Å². The maximum atomic E-state index is 12.7. The number of rotatable bonds is 7. The number of methoxy groups -OCH3 is 1. The molecular weight excluding hydrogens is 420 g/mol. The summed E-state index contributed by atoms with van der Waals surface area (Å²) in [5, 5.41) is 7.05. The van der Waals surface area contributed by atoms with Crippen LogP contribution in [-0.2, 0) is 26.7 Å². The van der Waals surface area contributed by atoms with E-state index in [4.69, 9.17) is 9.26 Å². The number of aryl methyl sites for hydroxylation is 2. The summed E-state index contributed by atoms with van der Waals surface area (Å²) in [7, 11) is -1.71. The quantitative estimate of drug-likeness (QED) is 0.681. The molecule has 2 heterocycles. The maximum Gasteiger partial charge on any atom is 0.234 e. The lowest BCUT2D eigenvalue weighted by Crippen LogP contribution is -2.39. The Morgan fingerprint density at radius 1 is 1.39 bits per heavy atom. The fraction of sp³-hybridized carbons (Fsp3) is 0.571. The molecule has 1 N–H and O–H groups in total. The van der Waals surface area contributed by atoms with Crippen LogP contribution in [0.15, 0.2) is 28.8 Å². The van der Waals surface area contributed by atoms with Gasteiger partial charge in [-0.1, -0.05) is 23.4 Å².